The molecule has 3 rings (SSSR count). The minimum absolute atomic E-state index is 0.210. The molecule has 0 aromatic heterocycles. The lowest BCUT2D eigenvalue weighted by molar-refractivity contribution is -0.136. The van der Waals surface area contributed by atoms with Crippen molar-refractivity contribution in [3.05, 3.63) is 71.3 Å². The van der Waals surface area contributed by atoms with Gasteiger partial charge in [0.1, 0.15) is 12.1 Å². The van der Waals surface area contributed by atoms with E-state index in [1.165, 1.54) is 0 Å². The SMILES string of the molecule is CCN(Cc1ccccc1)C(=O)CNC(=O)CN1C(=O)NC(C)(c2ccc(C)cc2)C1=O. The molecular weight excluding hydrogens is 408 g/mol. The number of carbonyl (C=O) groups excluding carboxylic acids is 4. The van der Waals surface area contributed by atoms with Crippen molar-refractivity contribution in [2.24, 2.45) is 0 Å². The maximum atomic E-state index is 12.9. The van der Waals surface area contributed by atoms with E-state index in [1.807, 2.05) is 56.3 Å². The van der Waals surface area contributed by atoms with E-state index in [2.05, 4.69) is 10.6 Å². The number of imide groups is 1. The van der Waals surface area contributed by atoms with Crippen LogP contribution in [0.1, 0.15) is 30.5 Å². The maximum absolute atomic E-state index is 12.9. The molecule has 8 heteroatoms. The fourth-order valence-corrected chi connectivity index (χ4v) is 3.59. The fraction of sp³-hybridized carbons (Fsp3) is 0.333. The Morgan fingerprint density at radius 2 is 1.72 bits per heavy atom. The predicted octanol–water partition coefficient (Wildman–Crippen LogP) is 1.93. The molecule has 5 amide bonds. The Morgan fingerprint density at radius 3 is 2.34 bits per heavy atom. The Labute approximate surface area is 187 Å². The van der Waals surface area contributed by atoms with Crippen LogP contribution in [0.5, 0.6) is 0 Å². The van der Waals surface area contributed by atoms with Gasteiger partial charge in [-0.25, -0.2) is 4.79 Å². The summed E-state index contributed by atoms with van der Waals surface area (Å²) in [7, 11) is 0. The molecule has 2 aromatic rings. The second-order valence-corrected chi connectivity index (χ2v) is 7.98. The second kappa shape index (κ2) is 9.64. The number of carbonyl (C=O) groups is 4. The number of aryl methyl sites for hydroxylation is 1. The highest BCUT2D eigenvalue weighted by atomic mass is 16.2. The summed E-state index contributed by atoms with van der Waals surface area (Å²) >= 11 is 0. The van der Waals surface area contributed by atoms with Crippen molar-refractivity contribution < 1.29 is 19.2 Å². The van der Waals surface area contributed by atoms with E-state index in [9.17, 15) is 19.2 Å². The summed E-state index contributed by atoms with van der Waals surface area (Å²) in [6.07, 6.45) is 0. The van der Waals surface area contributed by atoms with Crippen molar-refractivity contribution in [3.8, 4) is 0 Å². The lowest BCUT2D eigenvalue weighted by Crippen LogP contribution is -2.45. The molecule has 1 aliphatic heterocycles. The largest absolute Gasteiger partial charge is 0.345 e. The normalized spacial score (nSPS) is 17.8. The molecule has 0 aliphatic carbocycles. The van der Waals surface area contributed by atoms with Gasteiger partial charge in [-0.2, -0.15) is 0 Å². The second-order valence-electron chi connectivity index (χ2n) is 7.98. The smallest absolute Gasteiger partial charge is 0.325 e. The molecule has 1 unspecified atom stereocenters. The highest BCUT2D eigenvalue weighted by Gasteiger charge is 2.49. The number of urea groups is 1. The summed E-state index contributed by atoms with van der Waals surface area (Å²) in [6.45, 7) is 5.67. The van der Waals surface area contributed by atoms with Gasteiger partial charge in [-0.1, -0.05) is 60.2 Å². The summed E-state index contributed by atoms with van der Waals surface area (Å²) < 4.78 is 0. The van der Waals surface area contributed by atoms with Crippen LogP contribution in [0.4, 0.5) is 4.79 Å². The van der Waals surface area contributed by atoms with Crippen LogP contribution in [0.25, 0.3) is 0 Å². The molecule has 2 aromatic carbocycles. The van der Waals surface area contributed by atoms with Crippen LogP contribution in [0, 0.1) is 6.92 Å². The first-order valence-corrected chi connectivity index (χ1v) is 10.5. The van der Waals surface area contributed by atoms with Crippen molar-refractivity contribution in [2.75, 3.05) is 19.6 Å². The summed E-state index contributed by atoms with van der Waals surface area (Å²) in [5.41, 5.74) is 1.42. The average molecular weight is 437 g/mol. The van der Waals surface area contributed by atoms with E-state index in [-0.39, 0.29) is 12.5 Å². The van der Waals surface area contributed by atoms with E-state index in [1.54, 1.807) is 24.0 Å². The van der Waals surface area contributed by atoms with Crippen LogP contribution in [-0.4, -0.2) is 53.2 Å². The predicted molar refractivity (Wildman–Crippen MR) is 119 cm³/mol. The summed E-state index contributed by atoms with van der Waals surface area (Å²) in [5.74, 6) is -1.33. The molecule has 0 spiro atoms. The number of likely N-dealkylation sites (N-methyl/N-ethyl adjacent to an activating group) is 1. The molecular formula is C24H28N4O4. The molecule has 2 N–H and O–H groups in total. The minimum Gasteiger partial charge on any atom is -0.345 e. The zero-order valence-electron chi connectivity index (χ0n) is 18.6. The minimum atomic E-state index is -1.24. The van der Waals surface area contributed by atoms with Gasteiger partial charge in [-0.15, -0.1) is 0 Å². The molecule has 1 saturated heterocycles. The van der Waals surface area contributed by atoms with Gasteiger partial charge in [-0.05, 0) is 31.9 Å². The van der Waals surface area contributed by atoms with Crippen LogP contribution < -0.4 is 10.6 Å². The molecule has 1 atom stereocenters. The molecule has 1 fully saturated rings. The van der Waals surface area contributed by atoms with E-state index in [4.69, 9.17) is 0 Å². The highest BCUT2D eigenvalue weighted by molar-refractivity contribution is 6.09. The van der Waals surface area contributed by atoms with Gasteiger partial charge in [0.2, 0.25) is 11.8 Å². The Kier molecular flexibility index (Phi) is 6.92. The van der Waals surface area contributed by atoms with Gasteiger partial charge in [0.05, 0.1) is 6.54 Å². The first-order chi connectivity index (χ1) is 15.2. The first kappa shape index (κ1) is 23.0. The molecule has 32 heavy (non-hydrogen) atoms. The summed E-state index contributed by atoms with van der Waals surface area (Å²) in [4.78, 5) is 52.8. The standard InChI is InChI=1S/C24H28N4O4/c1-4-27(15-18-8-6-5-7-9-18)21(30)14-25-20(29)16-28-22(31)24(3,26-23(28)32)19-12-10-17(2)11-13-19/h5-13H,4,14-16H2,1-3H3,(H,25,29)(H,26,32). The van der Waals surface area contributed by atoms with Crippen molar-refractivity contribution in [3.63, 3.8) is 0 Å². The van der Waals surface area contributed by atoms with Crippen LogP contribution in [-0.2, 0) is 26.5 Å². The third-order valence-electron chi connectivity index (χ3n) is 5.59. The van der Waals surface area contributed by atoms with Crippen molar-refractivity contribution in [2.45, 2.75) is 32.9 Å². The molecule has 1 aliphatic rings. The maximum Gasteiger partial charge on any atom is 0.325 e. The Balaban J connectivity index is 1.57. The number of hydrogen-bond acceptors (Lipinski definition) is 4. The number of benzene rings is 2. The zero-order valence-corrected chi connectivity index (χ0v) is 18.6. The number of hydrogen-bond donors (Lipinski definition) is 2. The molecule has 8 nitrogen and oxygen atoms in total. The van der Waals surface area contributed by atoms with Crippen molar-refractivity contribution in [1.82, 2.24) is 20.4 Å². The lowest BCUT2D eigenvalue weighted by atomic mass is 9.91. The van der Waals surface area contributed by atoms with E-state index >= 15 is 0 Å². The highest BCUT2D eigenvalue weighted by Crippen LogP contribution is 2.28. The van der Waals surface area contributed by atoms with Gasteiger partial charge in [-0.3, -0.25) is 19.3 Å². The van der Waals surface area contributed by atoms with Crippen molar-refractivity contribution >= 4 is 23.8 Å². The number of rotatable bonds is 8. The molecule has 1 heterocycles. The quantitative estimate of drug-likeness (QED) is 0.618. The first-order valence-electron chi connectivity index (χ1n) is 10.5. The molecule has 0 saturated carbocycles. The van der Waals surface area contributed by atoms with E-state index in [0.29, 0.717) is 18.7 Å². The van der Waals surface area contributed by atoms with Gasteiger partial charge >= 0.3 is 6.03 Å². The van der Waals surface area contributed by atoms with Gasteiger partial charge in [0.15, 0.2) is 0 Å². The van der Waals surface area contributed by atoms with Crippen LogP contribution in [0.15, 0.2) is 54.6 Å². The summed E-state index contributed by atoms with van der Waals surface area (Å²) in [6, 6.07) is 16.2. The number of nitrogens with one attached hydrogen (secondary N) is 2. The third kappa shape index (κ3) is 4.96. The average Bonchev–Trinajstić information content (AvgIpc) is 3.00. The van der Waals surface area contributed by atoms with Gasteiger partial charge in [0.25, 0.3) is 5.91 Å². The van der Waals surface area contributed by atoms with Crippen LogP contribution in [0.2, 0.25) is 0 Å². The molecule has 0 radical (unpaired) electrons. The van der Waals surface area contributed by atoms with Crippen molar-refractivity contribution in [1.29, 1.82) is 0 Å². The monoisotopic (exact) mass is 436 g/mol. The van der Waals surface area contributed by atoms with Gasteiger partial charge < -0.3 is 15.5 Å². The fourth-order valence-electron chi connectivity index (χ4n) is 3.59. The lowest BCUT2D eigenvalue weighted by Gasteiger charge is -2.23. The summed E-state index contributed by atoms with van der Waals surface area (Å²) in [5, 5.41) is 5.19. The Morgan fingerprint density at radius 1 is 1.06 bits per heavy atom. The Hall–Kier alpha value is -3.68. The van der Waals surface area contributed by atoms with E-state index in [0.717, 1.165) is 16.0 Å². The number of amides is 5. The molecule has 0 bridgehead atoms. The van der Waals surface area contributed by atoms with E-state index < -0.39 is 29.9 Å². The topological polar surface area (TPSA) is 98.8 Å². The zero-order chi connectivity index (χ0) is 23.3. The number of nitrogens with zero attached hydrogens (tertiary/aromatic N) is 2. The molecule has 168 valence electrons. The van der Waals surface area contributed by atoms with Gasteiger partial charge in [0, 0.05) is 13.1 Å². The van der Waals surface area contributed by atoms with Crippen LogP contribution in [0.3, 0.4) is 0 Å². The van der Waals surface area contributed by atoms with Crippen LogP contribution >= 0.6 is 0 Å². The third-order valence-corrected chi connectivity index (χ3v) is 5.59. The Bertz CT molecular complexity index is 1010.